The Hall–Kier alpha value is -5.12. The number of hydrazone groups is 1. The predicted molar refractivity (Wildman–Crippen MR) is 154 cm³/mol. The quantitative estimate of drug-likeness (QED) is 0.169. The molecule has 4 aromatic rings. The molecule has 42 heavy (non-hydrogen) atoms. The highest BCUT2D eigenvalue weighted by Crippen LogP contribution is 2.41. The van der Waals surface area contributed by atoms with Gasteiger partial charge in [-0.05, 0) is 65.1 Å². The van der Waals surface area contributed by atoms with Crippen molar-refractivity contribution in [1.29, 1.82) is 0 Å². The average molecular weight is 574 g/mol. The van der Waals surface area contributed by atoms with Crippen molar-refractivity contribution in [2.75, 3.05) is 10.3 Å². The van der Waals surface area contributed by atoms with Crippen LogP contribution in [0.15, 0.2) is 90.0 Å². The van der Waals surface area contributed by atoms with E-state index in [0.717, 1.165) is 17.7 Å². The van der Waals surface area contributed by atoms with E-state index in [4.69, 9.17) is 0 Å². The van der Waals surface area contributed by atoms with E-state index in [0.29, 0.717) is 16.8 Å². The first-order valence-electron chi connectivity index (χ1n) is 12.9. The number of benzene rings is 4. The number of anilines is 3. The van der Waals surface area contributed by atoms with Gasteiger partial charge in [-0.3, -0.25) is 15.1 Å². The first-order valence-corrected chi connectivity index (χ1v) is 12.9. The smallest absolute Gasteiger partial charge is 0.416 e. The number of hydrogen-bond acceptors (Lipinski definition) is 5. The van der Waals surface area contributed by atoms with Crippen LogP contribution in [-0.4, -0.2) is 27.8 Å². The number of rotatable bonds is 5. The Morgan fingerprint density at radius 1 is 0.857 bits per heavy atom. The van der Waals surface area contributed by atoms with Crippen molar-refractivity contribution in [1.82, 2.24) is 0 Å². The third kappa shape index (κ3) is 5.30. The normalized spacial score (nSPS) is 14.3. The summed E-state index contributed by atoms with van der Waals surface area (Å²) in [7, 11) is 0. The number of carboxylic acid groups (broad SMARTS) is 1. The van der Waals surface area contributed by atoms with Gasteiger partial charge in [0.1, 0.15) is 5.75 Å². The third-order valence-electron chi connectivity index (χ3n) is 6.96. The van der Waals surface area contributed by atoms with Crippen LogP contribution in [0.4, 0.5) is 30.2 Å². The number of amides is 1. The van der Waals surface area contributed by atoms with Crippen molar-refractivity contribution in [3.63, 3.8) is 0 Å². The van der Waals surface area contributed by atoms with Gasteiger partial charge in [-0.2, -0.15) is 18.3 Å². The molecule has 0 fully saturated rings. The van der Waals surface area contributed by atoms with Gasteiger partial charge in [0, 0.05) is 16.8 Å². The van der Waals surface area contributed by atoms with Gasteiger partial charge in [-0.1, -0.05) is 57.2 Å². The van der Waals surface area contributed by atoms with E-state index in [-0.39, 0.29) is 39.4 Å². The molecule has 5 rings (SSSR count). The fourth-order valence-electron chi connectivity index (χ4n) is 4.70. The summed E-state index contributed by atoms with van der Waals surface area (Å²) in [5.74, 6) is -2.02. The molecule has 214 valence electrons. The molecule has 0 atom stereocenters. The molecule has 0 aliphatic carbocycles. The van der Waals surface area contributed by atoms with E-state index in [1.165, 1.54) is 29.2 Å². The number of aromatic hydroxyl groups is 1. The summed E-state index contributed by atoms with van der Waals surface area (Å²) < 4.78 is 40.9. The number of phenolic OH excluding ortho intramolecular Hbond substituents is 1. The fraction of sp³-hybridized carbons (Fsp3) is 0.156. The second kappa shape index (κ2) is 10.4. The van der Waals surface area contributed by atoms with Gasteiger partial charge in [-0.25, -0.2) is 4.79 Å². The second-order valence-corrected chi connectivity index (χ2v) is 10.8. The highest BCUT2D eigenvalue weighted by molar-refractivity contribution is 6.55. The number of carbonyl (C=O) groups is 2. The fourth-order valence-corrected chi connectivity index (χ4v) is 4.70. The summed E-state index contributed by atoms with van der Waals surface area (Å²) in [4.78, 5) is 26.2. The maximum absolute atomic E-state index is 13.7. The molecule has 1 aliphatic heterocycles. The zero-order valence-electron chi connectivity index (χ0n) is 22.8. The standard InChI is InChI=1S/C32H26F3N3O4/c1-31(2,3)20-10-13-22(14-11-20)38-26-17-21(32(33,34)35)12-15-24(26)27(29(38)40)37-36-25-9-5-8-23(28(25)39)18-6-4-7-19(16-18)30(41)42/h4-17,36,39H,1-3H3,(H,41,42)/b37-27-. The topological polar surface area (TPSA) is 102 Å². The van der Waals surface area contributed by atoms with Gasteiger partial charge in [-0.15, -0.1) is 0 Å². The molecule has 0 radical (unpaired) electrons. The third-order valence-corrected chi connectivity index (χ3v) is 6.96. The number of alkyl halides is 3. The number of para-hydroxylation sites is 1. The van der Waals surface area contributed by atoms with E-state index >= 15 is 0 Å². The Morgan fingerprint density at radius 3 is 2.17 bits per heavy atom. The van der Waals surface area contributed by atoms with Crippen LogP contribution in [0.5, 0.6) is 5.75 Å². The SMILES string of the molecule is CC(C)(C)c1ccc(N2C(=O)/C(=N\Nc3cccc(-c4cccc(C(=O)O)c4)c3O)c3ccc(C(F)(F)F)cc32)cc1. The lowest BCUT2D eigenvalue weighted by Crippen LogP contribution is -2.26. The van der Waals surface area contributed by atoms with Crippen LogP contribution < -0.4 is 10.3 Å². The molecule has 0 unspecified atom stereocenters. The van der Waals surface area contributed by atoms with E-state index in [1.54, 1.807) is 36.4 Å². The molecule has 0 aromatic heterocycles. The number of nitrogens with one attached hydrogen (secondary N) is 1. The molecule has 0 saturated carbocycles. The first kappa shape index (κ1) is 28.4. The van der Waals surface area contributed by atoms with Gasteiger partial charge in [0.25, 0.3) is 5.91 Å². The lowest BCUT2D eigenvalue weighted by atomic mass is 9.87. The molecular formula is C32H26F3N3O4. The highest BCUT2D eigenvalue weighted by Gasteiger charge is 2.39. The lowest BCUT2D eigenvalue weighted by molar-refractivity contribution is -0.137. The first-order chi connectivity index (χ1) is 19.8. The molecule has 1 amide bonds. The molecule has 7 nitrogen and oxygen atoms in total. The summed E-state index contributed by atoms with van der Waals surface area (Å²) in [6.07, 6.45) is -4.62. The van der Waals surface area contributed by atoms with Crippen LogP contribution in [0, 0.1) is 0 Å². The Bertz CT molecular complexity index is 1740. The number of hydrogen-bond donors (Lipinski definition) is 3. The summed E-state index contributed by atoms with van der Waals surface area (Å²) in [6.45, 7) is 6.08. The van der Waals surface area contributed by atoms with Crippen molar-refractivity contribution in [3.05, 3.63) is 107 Å². The molecule has 4 aromatic carbocycles. The monoisotopic (exact) mass is 573 g/mol. The molecule has 1 aliphatic rings. The van der Waals surface area contributed by atoms with Crippen molar-refractivity contribution in [2.24, 2.45) is 5.10 Å². The van der Waals surface area contributed by atoms with Crippen molar-refractivity contribution < 1.29 is 33.0 Å². The van der Waals surface area contributed by atoms with Crippen LogP contribution in [0.25, 0.3) is 11.1 Å². The average Bonchev–Trinajstić information content (AvgIpc) is 3.21. The Labute approximate surface area is 239 Å². The Kier molecular flexibility index (Phi) is 7.01. The Morgan fingerprint density at radius 2 is 1.52 bits per heavy atom. The van der Waals surface area contributed by atoms with Gasteiger partial charge >= 0.3 is 12.1 Å². The molecule has 1 heterocycles. The Balaban J connectivity index is 1.55. The van der Waals surface area contributed by atoms with Crippen molar-refractivity contribution in [3.8, 4) is 16.9 Å². The van der Waals surface area contributed by atoms with Crippen LogP contribution in [0.1, 0.15) is 47.8 Å². The van der Waals surface area contributed by atoms with Crippen molar-refractivity contribution >= 4 is 34.7 Å². The maximum atomic E-state index is 13.7. The van der Waals surface area contributed by atoms with Crippen molar-refractivity contribution in [2.45, 2.75) is 32.4 Å². The number of halogens is 3. The predicted octanol–water partition coefficient (Wildman–Crippen LogP) is 7.57. The van der Waals surface area contributed by atoms with Gasteiger partial charge in [0.15, 0.2) is 5.71 Å². The number of carboxylic acids is 1. The molecule has 10 heteroatoms. The van der Waals surface area contributed by atoms with E-state index < -0.39 is 23.6 Å². The number of aromatic carboxylic acids is 1. The number of nitrogens with zero attached hydrogens (tertiary/aromatic N) is 2. The zero-order valence-corrected chi connectivity index (χ0v) is 22.8. The summed E-state index contributed by atoms with van der Waals surface area (Å²) >= 11 is 0. The number of carbonyl (C=O) groups excluding carboxylic acids is 1. The molecule has 0 bridgehead atoms. The summed E-state index contributed by atoms with van der Waals surface area (Å²) in [6, 6.07) is 20.7. The van der Waals surface area contributed by atoms with E-state index in [1.807, 2.05) is 32.9 Å². The second-order valence-electron chi connectivity index (χ2n) is 10.8. The van der Waals surface area contributed by atoms with Crippen LogP contribution in [-0.2, 0) is 16.4 Å². The van der Waals surface area contributed by atoms with E-state index in [9.17, 15) is 33.0 Å². The summed E-state index contributed by atoms with van der Waals surface area (Å²) in [5, 5.41) is 24.5. The van der Waals surface area contributed by atoms with Crippen LogP contribution in [0.2, 0.25) is 0 Å². The molecular weight excluding hydrogens is 547 g/mol. The maximum Gasteiger partial charge on any atom is 0.416 e. The van der Waals surface area contributed by atoms with E-state index in [2.05, 4.69) is 10.5 Å². The van der Waals surface area contributed by atoms with Crippen LogP contribution in [0.3, 0.4) is 0 Å². The largest absolute Gasteiger partial charge is 0.505 e. The molecule has 3 N–H and O–H groups in total. The van der Waals surface area contributed by atoms with Gasteiger partial charge in [0.05, 0.1) is 22.5 Å². The molecule has 0 saturated heterocycles. The summed E-state index contributed by atoms with van der Waals surface area (Å²) in [5.41, 5.74) is 3.93. The minimum absolute atomic E-state index is 0.0299. The number of phenols is 1. The molecule has 0 spiro atoms. The van der Waals surface area contributed by atoms with Gasteiger partial charge in [0.2, 0.25) is 0 Å². The zero-order chi connectivity index (χ0) is 30.4. The van der Waals surface area contributed by atoms with Gasteiger partial charge < -0.3 is 10.2 Å². The lowest BCUT2D eigenvalue weighted by Gasteiger charge is -2.22. The van der Waals surface area contributed by atoms with Crippen LogP contribution >= 0.6 is 0 Å². The highest BCUT2D eigenvalue weighted by atomic mass is 19.4. The number of fused-ring (bicyclic) bond motifs is 1. The minimum Gasteiger partial charge on any atom is -0.505 e. The minimum atomic E-state index is -4.62.